The first-order valence-electron chi connectivity index (χ1n) is 4.28. The number of hydrogen-bond donors (Lipinski definition) is 0. The van der Waals surface area contributed by atoms with Gasteiger partial charge in [-0.15, -0.1) is 11.6 Å². The molecule has 3 nitrogen and oxygen atoms in total. The van der Waals surface area contributed by atoms with Crippen molar-refractivity contribution in [1.29, 1.82) is 0 Å². The third-order valence-corrected chi connectivity index (χ3v) is 2.31. The number of nitrogens with zero attached hydrogens (tertiary/aromatic N) is 1. The van der Waals surface area contributed by atoms with E-state index in [-0.39, 0.29) is 0 Å². The van der Waals surface area contributed by atoms with E-state index in [0.717, 1.165) is 22.8 Å². The Labute approximate surface area is 86.7 Å². The topological polar surface area (TPSA) is 39.2 Å². The Kier molecular flexibility index (Phi) is 2.33. The van der Waals surface area contributed by atoms with E-state index in [9.17, 15) is 0 Å². The van der Waals surface area contributed by atoms with E-state index < -0.39 is 0 Å². The molecule has 0 N–H and O–H groups in total. The van der Waals surface area contributed by atoms with Gasteiger partial charge in [-0.25, -0.2) is 4.98 Å². The van der Waals surface area contributed by atoms with Gasteiger partial charge in [0.15, 0.2) is 12.2 Å². The molecule has 0 atom stereocenters. The normalized spacial score (nSPS) is 10.8. The summed E-state index contributed by atoms with van der Waals surface area (Å²) < 4.78 is 10.7. The molecule has 2 rings (SSSR count). The Morgan fingerprint density at radius 1 is 1.43 bits per heavy atom. The van der Waals surface area contributed by atoms with Gasteiger partial charge >= 0.3 is 0 Å². The van der Waals surface area contributed by atoms with Crippen LogP contribution in [0.4, 0.5) is 0 Å². The fourth-order valence-electron chi connectivity index (χ4n) is 1.44. The molecule has 0 amide bonds. The molecule has 0 fully saturated rings. The highest BCUT2D eigenvalue weighted by molar-refractivity contribution is 6.17. The second-order valence-electron chi connectivity index (χ2n) is 3.09. The van der Waals surface area contributed by atoms with E-state index in [0.29, 0.717) is 11.6 Å². The summed E-state index contributed by atoms with van der Waals surface area (Å²) in [7, 11) is 0. The van der Waals surface area contributed by atoms with Gasteiger partial charge in [0.2, 0.25) is 0 Å². The first-order chi connectivity index (χ1) is 6.72. The van der Waals surface area contributed by atoms with Gasteiger partial charge in [-0.2, -0.15) is 0 Å². The SMILES string of the molecule is Cc1cc(-c2ocnc2CCl)c(C)o1. The lowest BCUT2D eigenvalue weighted by Gasteiger charge is -1.94. The van der Waals surface area contributed by atoms with Crippen LogP contribution in [-0.2, 0) is 5.88 Å². The molecule has 0 saturated heterocycles. The monoisotopic (exact) mass is 211 g/mol. The van der Waals surface area contributed by atoms with Crippen LogP contribution >= 0.6 is 11.6 Å². The van der Waals surface area contributed by atoms with Gasteiger partial charge in [0, 0.05) is 0 Å². The van der Waals surface area contributed by atoms with E-state index in [2.05, 4.69) is 4.98 Å². The summed E-state index contributed by atoms with van der Waals surface area (Å²) >= 11 is 5.73. The highest BCUT2D eigenvalue weighted by atomic mass is 35.5. The maximum Gasteiger partial charge on any atom is 0.181 e. The number of aryl methyl sites for hydroxylation is 2. The number of oxazole rings is 1. The Hall–Kier alpha value is -1.22. The molecule has 0 aromatic carbocycles. The van der Waals surface area contributed by atoms with Crippen LogP contribution in [0.25, 0.3) is 11.3 Å². The molecular weight excluding hydrogens is 202 g/mol. The summed E-state index contributed by atoms with van der Waals surface area (Å²) in [6.07, 6.45) is 1.40. The molecule has 0 aliphatic rings. The zero-order valence-electron chi connectivity index (χ0n) is 8.00. The van der Waals surface area contributed by atoms with Gasteiger partial charge in [0.1, 0.15) is 17.2 Å². The first kappa shape index (κ1) is 9.34. The second kappa shape index (κ2) is 3.50. The van der Waals surface area contributed by atoms with Crippen LogP contribution in [0.2, 0.25) is 0 Å². The van der Waals surface area contributed by atoms with Crippen molar-refractivity contribution in [2.75, 3.05) is 0 Å². The molecule has 14 heavy (non-hydrogen) atoms. The summed E-state index contributed by atoms with van der Waals surface area (Å²) in [6, 6.07) is 1.92. The van der Waals surface area contributed by atoms with Crippen molar-refractivity contribution in [2.24, 2.45) is 0 Å². The molecule has 0 unspecified atom stereocenters. The molecule has 0 bridgehead atoms. The molecule has 4 heteroatoms. The van der Waals surface area contributed by atoms with Crippen molar-refractivity contribution in [2.45, 2.75) is 19.7 Å². The van der Waals surface area contributed by atoms with Crippen molar-refractivity contribution < 1.29 is 8.83 Å². The summed E-state index contributed by atoms with van der Waals surface area (Å²) in [6.45, 7) is 3.79. The van der Waals surface area contributed by atoms with Crippen molar-refractivity contribution in [3.63, 3.8) is 0 Å². The highest BCUT2D eigenvalue weighted by Crippen LogP contribution is 2.29. The van der Waals surface area contributed by atoms with Crippen LogP contribution < -0.4 is 0 Å². The second-order valence-corrected chi connectivity index (χ2v) is 3.36. The van der Waals surface area contributed by atoms with Crippen LogP contribution in [0.5, 0.6) is 0 Å². The van der Waals surface area contributed by atoms with Gasteiger partial charge in [-0.05, 0) is 19.9 Å². The summed E-state index contributed by atoms with van der Waals surface area (Å²) in [4.78, 5) is 4.02. The molecule has 0 spiro atoms. The fourth-order valence-corrected chi connectivity index (χ4v) is 1.63. The van der Waals surface area contributed by atoms with Gasteiger partial charge < -0.3 is 8.83 Å². The first-order valence-corrected chi connectivity index (χ1v) is 4.81. The Balaban J connectivity index is 2.53. The largest absolute Gasteiger partial charge is 0.466 e. The number of alkyl halides is 1. The maximum atomic E-state index is 5.73. The third kappa shape index (κ3) is 1.44. The molecule has 0 aliphatic carbocycles. The molecule has 0 saturated carbocycles. The Morgan fingerprint density at radius 2 is 2.21 bits per heavy atom. The van der Waals surface area contributed by atoms with Crippen molar-refractivity contribution in [3.05, 3.63) is 29.7 Å². The standard InChI is InChI=1S/C10H10ClNO2/c1-6-3-8(7(2)14-6)10-9(4-11)12-5-13-10/h3,5H,4H2,1-2H3. The number of halogens is 1. The molecule has 2 aromatic heterocycles. The van der Waals surface area contributed by atoms with Crippen LogP contribution in [0.3, 0.4) is 0 Å². The van der Waals surface area contributed by atoms with Crippen molar-refractivity contribution >= 4 is 11.6 Å². The third-order valence-electron chi connectivity index (χ3n) is 2.05. The van der Waals surface area contributed by atoms with E-state index in [1.165, 1.54) is 6.39 Å². The maximum absolute atomic E-state index is 5.73. The highest BCUT2D eigenvalue weighted by Gasteiger charge is 2.15. The molecular formula is C10H10ClNO2. The predicted molar refractivity (Wildman–Crippen MR) is 53.2 cm³/mol. The number of rotatable bonds is 2. The molecule has 2 aromatic rings. The average Bonchev–Trinajstić information content (AvgIpc) is 2.71. The Bertz CT molecular complexity index is 445. The van der Waals surface area contributed by atoms with E-state index in [1.54, 1.807) is 0 Å². The predicted octanol–water partition coefficient (Wildman–Crippen LogP) is 3.29. The zero-order valence-corrected chi connectivity index (χ0v) is 8.76. The smallest absolute Gasteiger partial charge is 0.181 e. The van der Waals surface area contributed by atoms with Crippen LogP contribution in [-0.4, -0.2) is 4.98 Å². The number of aromatic nitrogens is 1. The summed E-state index contributed by atoms with van der Waals surface area (Å²) in [5.74, 6) is 2.73. The zero-order chi connectivity index (χ0) is 10.1. The van der Waals surface area contributed by atoms with Crippen LogP contribution in [0, 0.1) is 13.8 Å². The van der Waals surface area contributed by atoms with Gasteiger partial charge in [-0.1, -0.05) is 0 Å². The lowest BCUT2D eigenvalue weighted by molar-refractivity contribution is 0.503. The quantitative estimate of drug-likeness (QED) is 0.716. The van der Waals surface area contributed by atoms with Gasteiger partial charge in [0.05, 0.1) is 11.4 Å². The van der Waals surface area contributed by atoms with Crippen molar-refractivity contribution in [3.8, 4) is 11.3 Å². The Morgan fingerprint density at radius 3 is 2.79 bits per heavy atom. The lowest BCUT2D eigenvalue weighted by atomic mass is 10.2. The van der Waals surface area contributed by atoms with Gasteiger partial charge in [0.25, 0.3) is 0 Å². The van der Waals surface area contributed by atoms with E-state index >= 15 is 0 Å². The minimum absolute atomic E-state index is 0.343. The minimum atomic E-state index is 0.343. The van der Waals surface area contributed by atoms with Gasteiger partial charge in [-0.3, -0.25) is 0 Å². The molecule has 2 heterocycles. The van der Waals surface area contributed by atoms with Crippen LogP contribution in [0.1, 0.15) is 17.2 Å². The lowest BCUT2D eigenvalue weighted by Crippen LogP contribution is -1.82. The van der Waals surface area contributed by atoms with E-state index in [4.69, 9.17) is 20.4 Å². The number of hydrogen-bond acceptors (Lipinski definition) is 3. The minimum Gasteiger partial charge on any atom is -0.466 e. The average molecular weight is 212 g/mol. The molecule has 74 valence electrons. The number of furan rings is 1. The molecule has 0 radical (unpaired) electrons. The van der Waals surface area contributed by atoms with Crippen LogP contribution in [0.15, 0.2) is 21.3 Å². The summed E-state index contributed by atoms with van der Waals surface area (Å²) in [5.41, 5.74) is 1.67. The molecule has 0 aliphatic heterocycles. The summed E-state index contributed by atoms with van der Waals surface area (Å²) in [5, 5.41) is 0. The van der Waals surface area contributed by atoms with Crippen molar-refractivity contribution in [1.82, 2.24) is 4.98 Å². The van der Waals surface area contributed by atoms with E-state index in [1.807, 2.05) is 19.9 Å². The fraction of sp³-hybridized carbons (Fsp3) is 0.300.